The highest BCUT2D eigenvalue weighted by Gasteiger charge is 2.14. The number of hydrogen-bond acceptors (Lipinski definition) is 6. The second-order valence-corrected chi connectivity index (χ2v) is 6.84. The minimum atomic E-state index is -0.512. The molecule has 0 heterocycles. The number of benzene rings is 3. The topological polar surface area (TPSA) is 87.9 Å². The fourth-order valence-corrected chi connectivity index (χ4v) is 3.20. The number of nitro benzene ring substituents is 1. The van der Waals surface area contributed by atoms with Crippen molar-refractivity contribution < 1.29 is 23.9 Å². The van der Waals surface area contributed by atoms with Crippen LogP contribution in [0.1, 0.15) is 17.5 Å². The highest BCUT2D eigenvalue weighted by atomic mass is 16.6. The zero-order valence-electron chi connectivity index (χ0n) is 18.3. The fourth-order valence-electron chi connectivity index (χ4n) is 3.20. The number of allylic oxidation sites excluding steroid dienone is 2. The summed E-state index contributed by atoms with van der Waals surface area (Å²) in [7, 11) is 3.23. The van der Waals surface area contributed by atoms with Crippen LogP contribution in [0.3, 0.4) is 0 Å². The van der Waals surface area contributed by atoms with E-state index in [1.54, 1.807) is 26.4 Å². The van der Waals surface area contributed by atoms with Crippen LogP contribution in [0.15, 0.2) is 91.0 Å². The van der Waals surface area contributed by atoms with Gasteiger partial charge < -0.3 is 14.2 Å². The molecule has 0 aliphatic rings. The van der Waals surface area contributed by atoms with Crippen molar-refractivity contribution in [2.45, 2.75) is 6.42 Å². The Bertz CT molecular complexity index is 1130. The Hall–Kier alpha value is -4.39. The summed E-state index contributed by atoms with van der Waals surface area (Å²) in [6, 6.07) is 20.6. The van der Waals surface area contributed by atoms with Gasteiger partial charge in [0.25, 0.3) is 5.69 Å². The van der Waals surface area contributed by atoms with Gasteiger partial charge in [0, 0.05) is 23.3 Å². The van der Waals surface area contributed by atoms with Crippen LogP contribution in [0.25, 0.3) is 5.57 Å². The normalized spacial score (nSPS) is 10.5. The van der Waals surface area contributed by atoms with Crippen LogP contribution in [0.4, 0.5) is 5.69 Å². The maximum atomic E-state index is 12.1. The molecule has 0 aliphatic heterocycles. The molecular weight excluding hydrogens is 422 g/mol. The summed E-state index contributed by atoms with van der Waals surface area (Å²) >= 11 is 0. The first-order valence-electron chi connectivity index (χ1n) is 10.1. The van der Waals surface area contributed by atoms with Gasteiger partial charge >= 0.3 is 5.97 Å². The lowest BCUT2D eigenvalue weighted by Gasteiger charge is -2.15. The van der Waals surface area contributed by atoms with E-state index in [1.165, 1.54) is 24.3 Å². The molecule has 7 heteroatoms. The maximum Gasteiger partial charge on any atom is 0.315 e. The van der Waals surface area contributed by atoms with Crippen LogP contribution < -0.4 is 14.2 Å². The number of ether oxygens (including phenoxy) is 3. The van der Waals surface area contributed by atoms with Crippen molar-refractivity contribution in [3.8, 4) is 17.2 Å². The number of carbonyl (C=O) groups excluding carboxylic acids is 1. The molecule has 0 unspecified atom stereocenters. The predicted octanol–water partition coefficient (Wildman–Crippen LogP) is 5.60. The van der Waals surface area contributed by atoms with Crippen LogP contribution in [-0.4, -0.2) is 25.1 Å². The Balaban J connectivity index is 1.80. The quantitative estimate of drug-likeness (QED) is 0.140. The Kier molecular flexibility index (Phi) is 7.96. The van der Waals surface area contributed by atoms with Gasteiger partial charge in [0.2, 0.25) is 0 Å². The van der Waals surface area contributed by atoms with Gasteiger partial charge in [-0.2, -0.15) is 0 Å². The molecule has 7 nitrogen and oxygen atoms in total. The number of nitrogens with zero attached hydrogens (tertiary/aromatic N) is 1. The molecule has 0 fully saturated rings. The highest BCUT2D eigenvalue weighted by Crippen LogP contribution is 2.35. The van der Waals surface area contributed by atoms with E-state index in [1.807, 2.05) is 54.6 Å². The SMILES string of the molecule is COc1ccccc1C(=C/C=C/CC(=O)Oc1ccc([N+](=O)[O-])cc1)c1ccccc1OC. The summed E-state index contributed by atoms with van der Waals surface area (Å²) < 4.78 is 16.3. The van der Waals surface area contributed by atoms with Gasteiger partial charge in [-0.25, -0.2) is 0 Å². The van der Waals surface area contributed by atoms with E-state index >= 15 is 0 Å². The second kappa shape index (κ2) is 11.3. The van der Waals surface area contributed by atoms with Gasteiger partial charge in [0.15, 0.2) is 0 Å². The number of para-hydroxylation sites is 2. The molecule has 0 saturated heterocycles. The van der Waals surface area contributed by atoms with E-state index in [0.717, 1.165) is 16.7 Å². The highest BCUT2D eigenvalue weighted by molar-refractivity contribution is 5.86. The van der Waals surface area contributed by atoms with Crippen LogP contribution in [0.2, 0.25) is 0 Å². The molecule has 0 aromatic heterocycles. The van der Waals surface area contributed by atoms with E-state index < -0.39 is 10.9 Å². The van der Waals surface area contributed by atoms with Gasteiger partial charge in [0.1, 0.15) is 17.2 Å². The summed E-state index contributed by atoms with van der Waals surface area (Å²) in [5.41, 5.74) is 2.55. The maximum absolute atomic E-state index is 12.1. The summed E-state index contributed by atoms with van der Waals surface area (Å²) in [5, 5.41) is 10.7. The van der Waals surface area contributed by atoms with Crippen molar-refractivity contribution in [1.29, 1.82) is 0 Å². The molecule has 33 heavy (non-hydrogen) atoms. The summed E-state index contributed by atoms with van der Waals surface area (Å²) in [5.74, 6) is 1.18. The summed E-state index contributed by atoms with van der Waals surface area (Å²) in [6.07, 6.45) is 5.36. The van der Waals surface area contributed by atoms with Gasteiger partial charge in [-0.3, -0.25) is 14.9 Å². The molecule has 3 rings (SSSR count). The first-order valence-corrected chi connectivity index (χ1v) is 10.1. The zero-order chi connectivity index (χ0) is 23.6. The molecule has 0 atom stereocenters. The Labute approximate surface area is 191 Å². The van der Waals surface area contributed by atoms with Crippen molar-refractivity contribution >= 4 is 17.2 Å². The number of non-ortho nitro benzene ring substituents is 1. The van der Waals surface area contributed by atoms with Crippen molar-refractivity contribution in [3.63, 3.8) is 0 Å². The minimum Gasteiger partial charge on any atom is -0.496 e. The average molecular weight is 445 g/mol. The Morgan fingerprint density at radius 2 is 1.42 bits per heavy atom. The smallest absolute Gasteiger partial charge is 0.315 e. The van der Waals surface area contributed by atoms with Crippen molar-refractivity contribution in [3.05, 3.63) is 112 Å². The number of carbonyl (C=O) groups is 1. The van der Waals surface area contributed by atoms with Crippen LogP contribution in [-0.2, 0) is 4.79 Å². The van der Waals surface area contributed by atoms with Crippen LogP contribution in [0.5, 0.6) is 17.2 Å². The fraction of sp³-hybridized carbons (Fsp3) is 0.115. The zero-order valence-corrected chi connectivity index (χ0v) is 18.3. The molecule has 3 aromatic carbocycles. The number of hydrogen-bond donors (Lipinski definition) is 0. The monoisotopic (exact) mass is 445 g/mol. The van der Waals surface area contributed by atoms with Gasteiger partial charge in [-0.05, 0) is 29.8 Å². The van der Waals surface area contributed by atoms with Crippen molar-refractivity contribution in [2.24, 2.45) is 0 Å². The van der Waals surface area contributed by atoms with Crippen LogP contribution in [0, 0.1) is 10.1 Å². The predicted molar refractivity (Wildman–Crippen MR) is 126 cm³/mol. The molecule has 0 aliphatic carbocycles. The molecule has 0 amide bonds. The van der Waals surface area contributed by atoms with Crippen molar-refractivity contribution in [1.82, 2.24) is 0 Å². The van der Waals surface area contributed by atoms with E-state index in [9.17, 15) is 14.9 Å². The largest absolute Gasteiger partial charge is 0.496 e. The number of esters is 1. The minimum absolute atomic E-state index is 0.0264. The Morgan fingerprint density at radius 3 is 1.94 bits per heavy atom. The molecular formula is C26H23NO6. The third-order valence-corrected chi connectivity index (χ3v) is 4.76. The lowest BCUT2D eigenvalue weighted by Crippen LogP contribution is -2.06. The Morgan fingerprint density at radius 1 is 0.879 bits per heavy atom. The molecule has 0 radical (unpaired) electrons. The average Bonchev–Trinajstić information content (AvgIpc) is 2.84. The van der Waals surface area contributed by atoms with Gasteiger partial charge in [0.05, 0.1) is 25.6 Å². The van der Waals surface area contributed by atoms with Crippen molar-refractivity contribution in [2.75, 3.05) is 14.2 Å². The third-order valence-electron chi connectivity index (χ3n) is 4.76. The molecule has 168 valence electrons. The van der Waals surface area contributed by atoms with E-state index in [4.69, 9.17) is 14.2 Å². The summed E-state index contributed by atoms with van der Waals surface area (Å²) in [6.45, 7) is 0. The lowest BCUT2D eigenvalue weighted by molar-refractivity contribution is -0.384. The van der Waals surface area contributed by atoms with Crippen LogP contribution >= 0.6 is 0 Å². The molecule has 0 bridgehead atoms. The molecule has 0 spiro atoms. The third kappa shape index (κ3) is 6.07. The standard InChI is InChI=1S/C26H23NO6/c1-31-24-12-6-3-10-22(24)21(23-11-4-7-13-25(23)32-2)9-5-8-14-26(28)33-20-17-15-19(16-18-20)27(29)30/h3-13,15-18H,14H2,1-2H3/b8-5+. The van der Waals surface area contributed by atoms with E-state index in [2.05, 4.69) is 0 Å². The van der Waals surface area contributed by atoms with Gasteiger partial charge in [-0.1, -0.05) is 54.6 Å². The first kappa shape index (κ1) is 23.3. The lowest BCUT2D eigenvalue weighted by atomic mass is 9.95. The molecule has 0 N–H and O–H groups in total. The van der Waals surface area contributed by atoms with E-state index in [-0.39, 0.29) is 17.9 Å². The summed E-state index contributed by atoms with van der Waals surface area (Å²) in [4.78, 5) is 22.4. The number of rotatable bonds is 9. The van der Waals surface area contributed by atoms with E-state index in [0.29, 0.717) is 11.5 Å². The van der Waals surface area contributed by atoms with Gasteiger partial charge in [-0.15, -0.1) is 0 Å². The number of nitro groups is 1. The molecule has 3 aromatic rings. The second-order valence-electron chi connectivity index (χ2n) is 6.84. The molecule has 0 saturated carbocycles. The number of methoxy groups -OCH3 is 2. The first-order chi connectivity index (χ1) is 16.0.